The number of alkyl halides is 3. The molecule has 0 aliphatic carbocycles. The Hall–Kier alpha value is -3.73. The molecule has 1 aromatic heterocycles. The SMILES string of the molecule is N[C@H](Cc1cccc(F)c1)C(=O)Nc1ccc(-c2cn[nH]c2)cc1.O=C(O)C(F)(F)F. The number of nitrogens with one attached hydrogen (secondary N) is 2. The highest BCUT2D eigenvalue weighted by Crippen LogP contribution is 2.20. The van der Waals surface area contributed by atoms with Gasteiger partial charge >= 0.3 is 12.1 Å². The van der Waals surface area contributed by atoms with E-state index in [2.05, 4.69) is 15.5 Å². The number of aliphatic carboxylic acids is 1. The molecule has 1 amide bonds. The van der Waals surface area contributed by atoms with E-state index in [0.29, 0.717) is 11.3 Å². The Morgan fingerprint density at radius 2 is 1.77 bits per heavy atom. The smallest absolute Gasteiger partial charge is 0.475 e. The minimum absolute atomic E-state index is 0.275. The van der Waals surface area contributed by atoms with Gasteiger partial charge in [-0.25, -0.2) is 9.18 Å². The first-order chi connectivity index (χ1) is 14.6. The lowest BCUT2D eigenvalue weighted by Crippen LogP contribution is -2.37. The van der Waals surface area contributed by atoms with Crippen LogP contribution in [0, 0.1) is 5.82 Å². The molecule has 0 aliphatic heterocycles. The molecule has 31 heavy (non-hydrogen) atoms. The van der Waals surface area contributed by atoms with E-state index >= 15 is 0 Å². The van der Waals surface area contributed by atoms with Crippen LogP contribution in [0.4, 0.5) is 23.2 Å². The fraction of sp³-hybridized carbons (Fsp3) is 0.150. The van der Waals surface area contributed by atoms with Gasteiger partial charge in [-0.15, -0.1) is 0 Å². The molecule has 0 saturated heterocycles. The second kappa shape index (κ2) is 10.3. The maximum Gasteiger partial charge on any atom is 0.490 e. The Morgan fingerprint density at radius 3 is 2.29 bits per heavy atom. The summed E-state index contributed by atoms with van der Waals surface area (Å²) >= 11 is 0. The van der Waals surface area contributed by atoms with Crippen LogP contribution in [0.2, 0.25) is 0 Å². The van der Waals surface area contributed by atoms with Gasteiger partial charge in [0.15, 0.2) is 0 Å². The Kier molecular flexibility index (Phi) is 7.86. The minimum Gasteiger partial charge on any atom is -0.475 e. The van der Waals surface area contributed by atoms with Crippen LogP contribution < -0.4 is 11.1 Å². The summed E-state index contributed by atoms with van der Waals surface area (Å²) in [6, 6.07) is 12.7. The zero-order chi connectivity index (χ0) is 23.0. The van der Waals surface area contributed by atoms with Crippen LogP contribution in [-0.4, -0.2) is 39.4 Å². The van der Waals surface area contributed by atoms with Crippen LogP contribution in [-0.2, 0) is 16.0 Å². The van der Waals surface area contributed by atoms with Gasteiger partial charge in [0.05, 0.1) is 12.2 Å². The number of carbonyl (C=O) groups is 2. The molecule has 0 unspecified atom stereocenters. The monoisotopic (exact) mass is 438 g/mol. The average Bonchev–Trinajstić information content (AvgIpc) is 3.23. The first-order valence-electron chi connectivity index (χ1n) is 8.76. The van der Waals surface area contributed by atoms with E-state index in [1.54, 1.807) is 36.7 Å². The summed E-state index contributed by atoms with van der Waals surface area (Å²) in [6.45, 7) is 0. The number of hydrogen-bond donors (Lipinski definition) is 4. The molecule has 5 N–H and O–H groups in total. The molecule has 164 valence electrons. The molecular weight excluding hydrogens is 420 g/mol. The number of H-pyrrole nitrogens is 1. The number of hydrogen-bond acceptors (Lipinski definition) is 4. The number of aromatic nitrogens is 2. The van der Waals surface area contributed by atoms with Crippen molar-refractivity contribution in [2.75, 3.05) is 5.32 Å². The van der Waals surface area contributed by atoms with Gasteiger partial charge in [0.1, 0.15) is 5.82 Å². The molecule has 0 aliphatic rings. The van der Waals surface area contributed by atoms with Crippen LogP contribution in [0.3, 0.4) is 0 Å². The normalized spacial score (nSPS) is 11.8. The fourth-order valence-electron chi connectivity index (χ4n) is 2.40. The zero-order valence-corrected chi connectivity index (χ0v) is 15.9. The highest BCUT2D eigenvalue weighted by atomic mass is 19.4. The lowest BCUT2D eigenvalue weighted by Gasteiger charge is -2.13. The number of rotatable bonds is 5. The van der Waals surface area contributed by atoms with Gasteiger partial charge < -0.3 is 16.2 Å². The van der Waals surface area contributed by atoms with E-state index < -0.39 is 18.2 Å². The quantitative estimate of drug-likeness (QED) is 0.455. The molecule has 2 aromatic carbocycles. The third-order valence-electron chi connectivity index (χ3n) is 3.91. The first-order valence-corrected chi connectivity index (χ1v) is 8.76. The van der Waals surface area contributed by atoms with E-state index in [4.69, 9.17) is 15.6 Å². The van der Waals surface area contributed by atoms with Gasteiger partial charge in [0.25, 0.3) is 0 Å². The van der Waals surface area contributed by atoms with Gasteiger partial charge in [0, 0.05) is 17.4 Å². The lowest BCUT2D eigenvalue weighted by molar-refractivity contribution is -0.192. The van der Waals surface area contributed by atoms with Crippen molar-refractivity contribution in [1.29, 1.82) is 0 Å². The lowest BCUT2D eigenvalue weighted by atomic mass is 10.1. The number of amides is 1. The van der Waals surface area contributed by atoms with Crippen LogP contribution in [0.25, 0.3) is 11.1 Å². The second-order valence-electron chi connectivity index (χ2n) is 6.30. The molecule has 3 rings (SSSR count). The van der Waals surface area contributed by atoms with Gasteiger partial charge in [-0.1, -0.05) is 24.3 Å². The largest absolute Gasteiger partial charge is 0.490 e. The van der Waals surface area contributed by atoms with Gasteiger partial charge in [0.2, 0.25) is 5.91 Å². The van der Waals surface area contributed by atoms with Crippen molar-refractivity contribution in [3.05, 3.63) is 72.3 Å². The Labute approximate surface area is 173 Å². The van der Waals surface area contributed by atoms with Gasteiger partial charge in [-0.3, -0.25) is 9.89 Å². The number of anilines is 1. The zero-order valence-electron chi connectivity index (χ0n) is 15.9. The Morgan fingerprint density at radius 1 is 1.13 bits per heavy atom. The summed E-state index contributed by atoms with van der Waals surface area (Å²) in [5.74, 6) is -3.40. The van der Waals surface area contributed by atoms with E-state index in [-0.39, 0.29) is 18.1 Å². The maximum atomic E-state index is 13.2. The third kappa shape index (κ3) is 7.55. The molecular formula is C20H18F4N4O3. The molecule has 0 radical (unpaired) electrons. The Balaban J connectivity index is 0.000000423. The van der Waals surface area contributed by atoms with Crippen molar-refractivity contribution in [2.24, 2.45) is 5.73 Å². The molecule has 1 atom stereocenters. The number of carboxylic acid groups (broad SMARTS) is 1. The summed E-state index contributed by atoms with van der Waals surface area (Å²) < 4.78 is 44.9. The third-order valence-corrected chi connectivity index (χ3v) is 3.91. The highest BCUT2D eigenvalue weighted by Gasteiger charge is 2.38. The second-order valence-corrected chi connectivity index (χ2v) is 6.30. The van der Waals surface area contributed by atoms with Crippen LogP contribution in [0.1, 0.15) is 5.56 Å². The number of carbonyl (C=O) groups excluding carboxylic acids is 1. The van der Waals surface area contributed by atoms with E-state index in [9.17, 15) is 22.4 Å². The fourth-order valence-corrected chi connectivity index (χ4v) is 2.40. The molecule has 0 spiro atoms. The molecule has 3 aromatic rings. The van der Waals surface area contributed by atoms with E-state index in [1.807, 2.05) is 12.1 Å². The van der Waals surface area contributed by atoms with Crippen LogP contribution in [0.15, 0.2) is 60.9 Å². The summed E-state index contributed by atoms with van der Waals surface area (Å²) in [6.07, 6.45) is -1.29. The number of benzene rings is 2. The molecule has 0 bridgehead atoms. The summed E-state index contributed by atoms with van der Waals surface area (Å²) in [4.78, 5) is 21.1. The van der Waals surface area contributed by atoms with Crippen LogP contribution >= 0.6 is 0 Å². The number of nitrogens with zero attached hydrogens (tertiary/aromatic N) is 1. The summed E-state index contributed by atoms with van der Waals surface area (Å²) in [5.41, 5.74) is 9.21. The van der Waals surface area contributed by atoms with Crippen molar-refractivity contribution in [2.45, 2.75) is 18.6 Å². The highest BCUT2D eigenvalue weighted by molar-refractivity contribution is 5.95. The average molecular weight is 438 g/mol. The van der Waals surface area contributed by atoms with Crippen molar-refractivity contribution >= 4 is 17.6 Å². The number of nitrogens with two attached hydrogens (primary N) is 1. The van der Waals surface area contributed by atoms with Crippen molar-refractivity contribution < 1.29 is 32.3 Å². The first kappa shape index (κ1) is 23.5. The summed E-state index contributed by atoms with van der Waals surface area (Å²) in [5, 5.41) is 16.5. The summed E-state index contributed by atoms with van der Waals surface area (Å²) in [7, 11) is 0. The topological polar surface area (TPSA) is 121 Å². The predicted octanol–water partition coefficient (Wildman–Crippen LogP) is 3.36. The van der Waals surface area contributed by atoms with E-state index in [0.717, 1.165) is 11.1 Å². The molecule has 0 fully saturated rings. The molecule has 7 nitrogen and oxygen atoms in total. The van der Waals surface area contributed by atoms with Gasteiger partial charge in [-0.2, -0.15) is 18.3 Å². The van der Waals surface area contributed by atoms with Crippen molar-refractivity contribution in [1.82, 2.24) is 10.2 Å². The molecule has 0 saturated carbocycles. The molecule has 11 heteroatoms. The van der Waals surface area contributed by atoms with E-state index in [1.165, 1.54) is 12.1 Å². The minimum atomic E-state index is -5.08. The van der Waals surface area contributed by atoms with Gasteiger partial charge in [-0.05, 0) is 41.8 Å². The number of halogens is 4. The molecule has 1 heterocycles. The van der Waals surface area contributed by atoms with Crippen molar-refractivity contribution in [3.8, 4) is 11.1 Å². The predicted molar refractivity (Wildman–Crippen MR) is 104 cm³/mol. The standard InChI is InChI=1S/C18H17FN4O.C2HF3O2/c19-15-3-1-2-12(8-15)9-17(20)18(24)23-16-6-4-13(5-7-16)14-10-21-22-11-14;3-2(4,5)1(6)7/h1-8,10-11,17H,9,20H2,(H,21,22)(H,23,24);(H,6,7)/t17-;/m1./s1. The Bertz CT molecular complexity index is 1010. The van der Waals surface area contributed by atoms with Crippen molar-refractivity contribution in [3.63, 3.8) is 0 Å². The number of carboxylic acids is 1. The maximum absolute atomic E-state index is 13.2. The van der Waals surface area contributed by atoms with Crippen LogP contribution in [0.5, 0.6) is 0 Å². The number of aromatic amines is 1.